The van der Waals surface area contributed by atoms with Crippen LogP contribution in [0.5, 0.6) is 5.75 Å². The first-order valence-corrected chi connectivity index (χ1v) is 7.97. The average Bonchev–Trinajstić information content (AvgIpc) is 2.54. The van der Waals surface area contributed by atoms with Crippen LogP contribution in [0.15, 0.2) is 24.3 Å². The van der Waals surface area contributed by atoms with Crippen LogP contribution in [0.25, 0.3) is 0 Å². The van der Waals surface area contributed by atoms with Crippen molar-refractivity contribution in [2.45, 2.75) is 26.4 Å². The van der Waals surface area contributed by atoms with E-state index in [1.807, 2.05) is 31.2 Å². The quantitative estimate of drug-likeness (QED) is 0.778. The van der Waals surface area contributed by atoms with Gasteiger partial charge in [0.25, 0.3) is 5.91 Å². The molecule has 1 aliphatic rings. The van der Waals surface area contributed by atoms with Gasteiger partial charge in [0.05, 0.1) is 13.2 Å². The molecule has 0 aliphatic carbocycles. The fourth-order valence-electron chi connectivity index (χ4n) is 2.42. The molecule has 0 spiro atoms. The van der Waals surface area contributed by atoms with Crippen LogP contribution >= 0.6 is 0 Å². The SMILES string of the molecule is Cc1ccccc1O[C@H](C)C(=O)NCCCN1CCOCC1. The van der Waals surface area contributed by atoms with E-state index in [1.54, 1.807) is 6.92 Å². The van der Waals surface area contributed by atoms with E-state index in [0.29, 0.717) is 6.54 Å². The van der Waals surface area contributed by atoms with Crippen molar-refractivity contribution in [3.8, 4) is 5.75 Å². The van der Waals surface area contributed by atoms with Gasteiger partial charge in [-0.3, -0.25) is 9.69 Å². The monoisotopic (exact) mass is 306 g/mol. The van der Waals surface area contributed by atoms with Crippen LogP contribution in [0.1, 0.15) is 18.9 Å². The van der Waals surface area contributed by atoms with Crippen molar-refractivity contribution in [2.24, 2.45) is 0 Å². The largest absolute Gasteiger partial charge is 0.481 e. The Morgan fingerprint density at radius 3 is 2.82 bits per heavy atom. The molecule has 0 bridgehead atoms. The zero-order chi connectivity index (χ0) is 15.8. The number of hydrogen-bond acceptors (Lipinski definition) is 4. The van der Waals surface area contributed by atoms with Crippen LogP contribution in [0.4, 0.5) is 0 Å². The van der Waals surface area contributed by atoms with E-state index in [2.05, 4.69) is 10.2 Å². The lowest BCUT2D eigenvalue weighted by molar-refractivity contribution is -0.127. The maximum atomic E-state index is 12.0. The van der Waals surface area contributed by atoms with Gasteiger partial charge in [0.15, 0.2) is 6.10 Å². The minimum atomic E-state index is -0.482. The van der Waals surface area contributed by atoms with Crippen LogP contribution in [0.2, 0.25) is 0 Å². The summed E-state index contributed by atoms with van der Waals surface area (Å²) in [6.45, 7) is 9.03. The van der Waals surface area contributed by atoms with Crippen molar-refractivity contribution in [1.82, 2.24) is 10.2 Å². The number of morpholine rings is 1. The number of aryl methyl sites for hydroxylation is 1. The first-order chi connectivity index (χ1) is 10.7. The summed E-state index contributed by atoms with van der Waals surface area (Å²) >= 11 is 0. The van der Waals surface area contributed by atoms with Gasteiger partial charge in [0.2, 0.25) is 0 Å². The van der Waals surface area contributed by atoms with Crippen LogP contribution in [0.3, 0.4) is 0 Å². The van der Waals surface area contributed by atoms with Crippen molar-refractivity contribution in [3.05, 3.63) is 29.8 Å². The number of rotatable bonds is 7. The molecular weight excluding hydrogens is 280 g/mol. The molecule has 1 heterocycles. The van der Waals surface area contributed by atoms with Gasteiger partial charge in [-0.2, -0.15) is 0 Å². The van der Waals surface area contributed by atoms with Crippen LogP contribution < -0.4 is 10.1 Å². The Hall–Kier alpha value is -1.59. The molecule has 5 heteroatoms. The minimum Gasteiger partial charge on any atom is -0.481 e. The number of benzene rings is 1. The second-order valence-electron chi connectivity index (χ2n) is 5.62. The van der Waals surface area contributed by atoms with E-state index >= 15 is 0 Å². The summed E-state index contributed by atoms with van der Waals surface area (Å²) < 4.78 is 11.0. The fourth-order valence-corrected chi connectivity index (χ4v) is 2.42. The van der Waals surface area contributed by atoms with E-state index in [-0.39, 0.29) is 5.91 Å². The summed E-state index contributed by atoms with van der Waals surface area (Å²) in [7, 11) is 0. The molecule has 1 aromatic rings. The van der Waals surface area contributed by atoms with Crippen molar-refractivity contribution in [2.75, 3.05) is 39.4 Å². The van der Waals surface area contributed by atoms with Crippen molar-refractivity contribution in [3.63, 3.8) is 0 Å². The Labute approximate surface area is 132 Å². The lowest BCUT2D eigenvalue weighted by atomic mass is 10.2. The Kier molecular flexibility index (Phi) is 6.68. The van der Waals surface area contributed by atoms with E-state index in [1.165, 1.54) is 0 Å². The standard InChI is InChI=1S/C17H26N2O3/c1-14-6-3-4-7-16(14)22-15(2)17(20)18-8-5-9-19-10-12-21-13-11-19/h3-4,6-7,15H,5,8-13H2,1-2H3,(H,18,20)/t15-/m1/s1. The maximum Gasteiger partial charge on any atom is 0.260 e. The van der Waals surface area contributed by atoms with Crippen molar-refractivity contribution >= 4 is 5.91 Å². The highest BCUT2D eigenvalue weighted by Crippen LogP contribution is 2.17. The third-order valence-electron chi connectivity index (χ3n) is 3.82. The van der Waals surface area contributed by atoms with Gasteiger partial charge in [0, 0.05) is 19.6 Å². The highest BCUT2D eigenvalue weighted by atomic mass is 16.5. The fraction of sp³-hybridized carbons (Fsp3) is 0.588. The van der Waals surface area contributed by atoms with Gasteiger partial charge >= 0.3 is 0 Å². The van der Waals surface area contributed by atoms with Gasteiger partial charge < -0.3 is 14.8 Å². The first kappa shape index (κ1) is 16.8. The normalized spacial score (nSPS) is 17.0. The van der Waals surface area contributed by atoms with E-state index in [0.717, 1.165) is 50.6 Å². The van der Waals surface area contributed by atoms with E-state index in [4.69, 9.17) is 9.47 Å². The molecule has 122 valence electrons. The van der Waals surface area contributed by atoms with Gasteiger partial charge in [-0.15, -0.1) is 0 Å². The van der Waals surface area contributed by atoms with Gasteiger partial charge in [0.1, 0.15) is 5.75 Å². The van der Waals surface area contributed by atoms with Crippen molar-refractivity contribution < 1.29 is 14.3 Å². The summed E-state index contributed by atoms with van der Waals surface area (Å²) in [6, 6.07) is 7.73. The molecule has 1 fully saturated rings. The number of carbonyl (C=O) groups excluding carboxylic acids is 1. The molecule has 0 unspecified atom stereocenters. The summed E-state index contributed by atoms with van der Waals surface area (Å²) in [5.74, 6) is 0.698. The first-order valence-electron chi connectivity index (χ1n) is 7.97. The zero-order valence-corrected chi connectivity index (χ0v) is 13.5. The summed E-state index contributed by atoms with van der Waals surface area (Å²) in [5.41, 5.74) is 1.04. The van der Waals surface area contributed by atoms with Crippen LogP contribution in [-0.2, 0) is 9.53 Å². The summed E-state index contributed by atoms with van der Waals surface area (Å²) in [6.07, 6.45) is 0.465. The number of nitrogens with zero attached hydrogens (tertiary/aromatic N) is 1. The third kappa shape index (κ3) is 5.31. The van der Waals surface area contributed by atoms with Crippen LogP contribution in [0, 0.1) is 6.92 Å². The number of para-hydroxylation sites is 1. The minimum absolute atomic E-state index is 0.0646. The molecule has 0 saturated carbocycles. The molecule has 1 saturated heterocycles. The summed E-state index contributed by atoms with van der Waals surface area (Å²) in [4.78, 5) is 14.4. The average molecular weight is 306 g/mol. The molecule has 1 aliphatic heterocycles. The van der Waals surface area contributed by atoms with Gasteiger partial charge in [-0.05, 0) is 38.4 Å². The zero-order valence-electron chi connectivity index (χ0n) is 13.5. The van der Waals surface area contributed by atoms with E-state index in [9.17, 15) is 4.79 Å². The van der Waals surface area contributed by atoms with Gasteiger partial charge in [-0.25, -0.2) is 0 Å². The number of ether oxygens (including phenoxy) is 2. The maximum absolute atomic E-state index is 12.0. The second-order valence-corrected chi connectivity index (χ2v) is 5.62. The molecule has 2 rings (SSSR count). The Morgan fingerprint density at radius 1 is 1.36 bits per heavy atom. The summed E-state index contributed by atoms with van der Waals surface area (Å²) in [5, 5.41) is 2.94. The molecule has 22 heavy (non-hydrogen) atoms. The predicted octanol–water partition coefficient (Wildman–Crippen LogP) is 1.60. The molecule has 1 atom stereocenters. The molecule has 1 N–H and O–H groups in total. The third-order valence-corrected chi connectivity index (χ3v) is 3.82. The Bertz CT molecular complexity index is 473. The highest BCUT2D eigenvalue weighted by molar-refractivity contribution is 5.80. The molecular formula is C17H26N2O3. The Morgan fingerprint density at radius 2 is 2.09 bits per heavy atom. The molecule has 0 aromatic heterocycles. The topological polar surface area (TPSA) is 50.8 Å². The smallest absolute Gasteiger partial charge is 0.260 e. The molecule has 0 radical (unpaired) electrons. The lowest BCUT2D eigenvalue weighted by Gasteiger charge is -2.26. The number of hydrogen-bond donors (Lipinski definition) is 1. The number of carbonyl (C=O) groups is 1. The lowest BCUT2D eigenvalue weighted by Crippen LogP contribution is -2.40. The molecule has 1 aromatic carbocycles. The molecule has 1 amide bonds. The molecule has 5 nitrogen and oxygen atoms in total. The van der Waals surface area contributed by atoms with E-state index < -0.39 is 6.10 Å². The highest BCUT2D eigenvalue weighted by Gasteiger charge is 2.15. The van der Waals surface area contributed by atoms with Crippen LogP contribution in [-0.4, -0.2) is 56.3 Å². The number of amides is 1. The second kappa shape index (κ2) is 8.76. The Balaban J connectivity index is 1.65. The predicted molar refractivity (Wildman–Crippen MR) is 86.2 cm³/mol. The number of nitrogens with one attached hydrogen (secondary N) is 1. The van der Waals surface area contributed by atoms with Crippen molar-refractivity contribution in [1.29, 1.82) is 0 Å². The van der Waals surface area contributed by atoms with Gasteiger partial charge in [-0.1, -0.05) is 18.2 Å².